The van der Waals surface area contributed by atoms with Gasteiger partial charge < -0.3 is 14.8 Å². The Labute approximate surface area is 139 Å². The summed E-state index contributed by atoms with van der Waals surface area (Å²) in [6.07, 6.45) is 3.44. The lowest BCUT2D eigenvalue weighted by Crippen LogP contribution is -2.15. The second-order valence-electron chi connectivity index (χ2n) is 5.16. The molecule has 2 aromatic carbocycles. The maximum Gasteiger partial charge on any atom is 0.229 e. The number of nitrogens with one attached hydrogen (secondary N) is 1. The number of fused-ring (bicyclic) bond motifs is 1. The average molecular weight is 323 g/mol. The molecule has 1 heterocycles. The van der Waals surface area contributed by atoms with E-state index in [2.05, 4.69) is 15.5 Å². The molecular formula is C18H17N3O3. The molecule has 0 fully saturated rings. The molecule has 0 aliphatic rings. The molecule has 0 aliphatic heterocycles. The fourth-order valence-corrected chi connectivity index (χ4v) is 2.59. The predicted octanol–water partition coefficient (Wildman–Crippen LogP) is 2.83. The number of carbonyl (C=O) groups is 1. The molecular weight excluding hydrogens is 306 g/mol. The summed E-state index contributed by atoms with van der Waals surface area (Å²) in [5.74, 6) is 1.07. The lowest BCUT2D eigenvalue weighted by Gasteiger charge is -2.13. The molecule has 0 atom stereocenters. The van der Waals surface area contributed by atoms with Crippen LogP contribution in [0.2, 0.25) is 0 Å². The number of methoxy groups -OCH3 is 2. The average Bonchev–Trinajstić information content (AvgIpc) is 2.62. The van der Waals surface area contributed by atoms with Crippen molar-refractivity contribution in [3.05, 3.63) is 54.4 Å². The molecule has 0 bridgehead atoms. The van der Waals surface area contributed by atoms with Crippen molar-refractivity contribution < 1.29 is 14.3 Å². The van der Waals surface area contributed by atoms with Crippen molar-refractivity contribution in [3.63, 3.8) is 0 Å². The first-order valence-corrected chi connectivity index (χ1v) is 7.42. The number of hydrogen-bond donors (Lipinski definition) is 1. The second-order valence-corrected chi connectivity index (χ2v) is 5.16. The van der Waals surface area contributed by atoms with E-state index in [0.717, 1.165) is 10.8 Å². The third-order valence-electron chi connectivity index (χ3n) is 3.73. The van der Waals surface area contributed by atoms with Crippen molar-refractivity contribution in [2.75, 3.05) is 19.5 Å². The van der Waals surface area contributed by atoms with E-state index in [1.54, 1.807) is 38.7 Å². The van der Waals surface area contributed by atoms with Crippen LogP contribution in [0.5, 0.6) is 11.5 Å². The van der Waals surface area contributed by atoms with Gasteiger partial charge in [0.05, 0.1) is 38.7 Å². The SMILES string of the molecule is COc1cccc(OC)c1CC(=O)Nc1cccc2cnncc12. The zero-order chi connectivity index (χ0) is 16.9. The maximum atomic E-state index is 12.5. The molecule has 24 heavy (non-hydrogen) atoms. The van der Waals surface area contributed by atoms with Gasteiger partial charge in [-0.3, -0.25) is 4.79 Å². The van der Waals surface area contributed by atoms with Crippen molar-refractivity contribution in [2.24, 2.45) is 0 Å². The largest absolute Gasteiger partial charge is 0.496 e. The summed E-state index contributed by atoms with van der Waals surface area (Å²) in [6, 6.07) is 11.0. The number of benzene rings is 2. The van der Waals surface area contributed by atoms with Crippen LogP contribution in [0.1, 0.15) is 5.56 Å². The molecule has 3 rings (SSSR count). The Morgan fingerprint density at radius 2 is 1.67 bits per heavy atom. The fourth-order valence-electron chi connectivity index (χ4n) is 2.59. The second kappa shape index (κ2) is 6.95. The zero-order valence-electron chi connectivity index (χ0n) is 13.4. The van der Waals surface area contributed by atoms with Gasteiger partial charge in [-0.05, 0) is 18.2 Å². The lowest BCUT2D eigenvalue weighted by molar-refractivity contribution is -0.115. The highest BCUT2D eigenvalue weighted by Crippen LogP contribution is 2.29. The van der Waals surface area contributed by atoms with E-state index in [1.165, 1.54) is 0 Å². The topological polar surface area (TPSA) is 73.3 Å². The first kappa shape index (κ1) is 15.7. The highest BCUT2D eigenvalue weighted by atomic mass is 16.5. The minimum atomic E-state index is -0.165. The highest BCUT2D eigenvalue weighted by Gasteiger charge is 2.15. The van der Waals surface area contributed by atoms with Gasteiger partial charge in [0, 0.05) is 16.3 Å². The quantitative estimate of drug-likeness (QED) is 0.781. The number of aromatic nitrogens is 2. The lowest BCUT2D eigenvalue weighted by atomic mass is 10.1. The van der Waals surface area contributed by atoms with E-state index in [-0.39, 0.29) is 12.3 Å². The molecule has 0 spiro atoms. The monoisotopic (exact) mass is 323 g/mol. The van der Waals surface area contributed by atoms with E-state index < -0.39 is 0 Å². The number of nitrogens with zero attached hydrogens (tertiary/aromatic N) is 2. The van der Waals surface area contributed by atoms with Crippen LogP contribution in [0.4, 0.5) is 5.69 Å². The summed E-state index contributed by atoms with van der Waals surface area (Å²) in [4.78, 5) is 12.5. The summed E-state index contributed by atoms with van der Waals surface area (Å²) < 4.78 is 10.7. The molecule has 3 aromatic rings. The molecule has 6 heteroatoms. The highest BCUT2D eigenvalue weighted by molar-refractivity contribution is 6.02. The Morgan fingerprint density at radius 3 is 2.38 bits per heavy atom. The normalized spacial score (nSPS) is 10.4. The van der Waals surface area contributed by atoms with E-state index in [9.17, 15) is 4.79 Å². The Kier molecular flexibility index (Phi) is 4.56. The van der Waals surface area contributed by atoms with Crippen LogP contribution in [-0.2, 0) is 11.2 Å². The Bertz CT molecular complexity index is 853. The van der Waals surface area contributed by atoms with Crippen molar-refractivity contribution in [1.29, 1.82) is 0 Å². The van der Waals surface area contributed by atoms with Crippen LogP contribution in [0.15, 0.2) is 48.8 Å². The van der Waals surface area contributed by atoms with Crippen molar-refractivity contribution in [2.45, 2.75) is 6.42 Å². The standard InChI is InChI=1S/C18H17N3O3/c1-23-16-7-4-8-17(24-2)13(16)9-18(22)21-15-6-3-5-12-10-19-20-11-14(12)15/h3-8,10-11H,9H2,1-2H3,(H,21,22). The Balaban J connectivity index is 1.86. The van der Waals surface area contributed by atoms with E-state index in [1.807, 2.05) is 24.3 Å². The zero-order valence-corrected chi connectivity index (χ0v) is 13.4. The number of carbonyl (C=O) groups excluding carboxylic acids is 1. The number of rotatable bonds is 5. The number of ether oxygens (including phenoxy) is 2. The number of anilines is 1. The molecule has 0 saturated heterocycles. The number of amides is 1. The minimum absolute atomic E-state index is 0.141. The van der Waals surface area contributed by atoms with Gasteiger partial charge in [0.25, 0.3) is 0 Å². The molecule has 6 nitrogen and oxygen atoms in total. The smallest absolute Gasteiger partial charge is 0.229 e. The van der Waals surface area contributed by atoms with Gasteiger partial charge in [0.1, 0.15) is 11.5 Å². The molecule has 1 amide bonds. The maximum absolute atomic E-state index is 12.5. The van der Waals surface area contributed by atoms with E-state index in [4.69, 9.17) is 9.47 Å². The van der Waals surface area contributed by atoms with Crippen molar-refractivity contribution in [1.82, 2.24) is 10.2 Å². The van der Waals surface area contributed by atoms with Gasteiger partial charge in [-0.15, -0.1) is 0 Å². The van der Waals surface area contributed by atoms with Crippen molar-refractivity contribution >= 4 is 22.4 Å². The van der Waals surface area contributed by atoms with Gasteiger partial charge in [-0.2, -0.15) is 10.2 Å². The first-order chi connectivity index (χ1) is 11.7. The van der Waals surface area contributed by atoms with Gasteiger partial charge in [0.2, 0.25) is 5.91 Å². The Morgan fingerprint density at radius 1 is 1.00 bits per heavy atom. The molecule has 0 saturated carbocycles. The van der Waals surface area contributed by atoms with Gasteiger partial charge in [0.15, 0.2) is 0 Å². The van der Waals surface area contributed by atoms with Crippen LogP contribution in [-0.4, -0.2) is 30.3 Å². The van der Waals surface area contributed by atoms with Crippen LogP contribution < -0.4 is 14.8 Å². The van der Waals surface area contributed by atoms with Crippen LogP contribution in [0, 0.1) is 0 Å². The van der Waals surface area contributed by atoms with Gasteiger partial charge >= 0.3 is 0 Å². The van der Waals surface area contributed by atoms with Crippen molar-refractivity contribution in [3.8, 4) is 11.5 Å². The van der Waals surface area contributed by atoms with Crippen LogP contribution >= 0.6 is 0 Å². The molecule has 1 aromatic heterocycles. The third-order valence-corrected chi connectivity index (χ3v) is 3.73. The number of hydrogen-bond acceptors (Lipinski definition) is 5. The fraction of sp³-hybridized carbons (Fsp3) is 0.167. The molecule has 0 aliphatic carbocycles. The van der Waals surface area contributed by atoms with Crippen LogP contribution in [0.3, 0.4) is 0 Å². The summed E-state index contributed by atoms with van der Waals surface area (Å²) in [7, 11) is 3.14. The van der Waals surface area contributed by atoms with Gasteiger partial charge in [-0.1, -0.05) is 18.2 Å². The van der Waals surface area contributed by atoms with E-state index >= 15 is 0 Å². The minimum Gasteiger partial charge on any atom is -0.496 e. The predicted molar refractivity (Wildman–Crippen MR) is 91.4 cm³/mol. The molecule has 0 unspecified atom stereocenters. The molecule has 122 valence electrons. The summed E-state index contributed by atoms with van der Waals surface area (Å²) in [5, 5.41) is 12.4. The summed E-state index contributed by atoms with van der Waals surface area (Å²) in [6.45, 7) is 0. The third kappa shape index (κ3) is 3.12. The van der Waals surface area contributed by atoms with Crippen LogP contribution in [0.25, 0.3) is 10.8 Å². The summed E-state index contributed by atoms with van der Waals surface area (Å²) >= 11 is 0. The first-order valence-electron chi connectivity index (χ1n) is 7.42. The molecule has 1 N–H and O–H groups in total. The van der Waals surface area contributed by atoms with Gasteiger partial charge in [-0.25, -0.2) is 0 Å². The Hall–Kier alpha value is -3.15. The van der Waals surface area contributed by atoms with E-state index in [0.29, 0.717) is 22.7 Å². The molecule has 0 radical (unpaired) electrons. The summed E-state index contributed by atoms with van der Waals surface area (Å²) in [5.41, 5.74) is 1.40.